The molecular formula is C21H23NO5S. The number of amides is 1. The molecular weight excluding hydrogens is 378 g/mol. The van der Waals surface area contributed by atoms with Crippen molar-refractivity contribution in [2.24, 2.45) is 0 Å². The van der Waals surface area contributed by atoms with Crippen LogP contribution in [0.25, 0.3) is 0 Å². The molecule has 1 amide bonds. The van der Waals surface area contributed by atoms with Gasteiger partial charge >= 0.3 is 11.9 Å². The van der Waals surface area contributed by atoms with Gasteiger partial charge in [-0.3, -0.25) is 9.59 Å². The molecule has 0 atom stereocenters. The van der Waals surface area contributed by atoms with Crippen LogP contribution in [0.3, 0.4) is 0 Å². The third-order valence-corrected chi connectivity index (χ3v) is 5.87. The number of carbonyl (C=O) groups excluding carboxylic acids is 3. The van der Waals surface area contributed by atoms with E-state index < -0.39 is 11.9 Å². The Balaban J connectivity index is 1.86. The quantitative estimate of drug-likeness (QED) is 0.608. The second-order valence-electron chi connectivity index (χ2n) is 6.69. The minimum Gasteiger partial charge on any atom is -0.465 e. The summed E-state index contributed by atoms with van der Waals surface area (Å²) in [4.78, 5) is 37.3. The number of thiophene rings is 1. The molecule has 28 heavy (non-hydrogen) atoms. The van der Waals surface area contributed by atoms with Gasteiger partial charge in [0.05, 0.1) is 12.7 Å². The lowest BCUT2D eigenvalue weighted by atomic mass is 9.96. The van der Waals surface area contributed by atoms with Crippen LogP contribution in [0.15, 0.2) is 24.3 Å². The molecule has 1 aliphatic rings. The predicted octanol–water partition coefficient (Wildman–Crippen LogP) is 4.37. The number of aryl methyl sites for hydroxylation is 1. The van der Waals surface area contributed by atoms with Crippen molar-refractivity contribution >= 4 is 34.2 Å². The van der Waals surface area contributed by atoms with Gasteiger partial charge in [-0.2, -0.15) is 0 Å². The van der Waals surface area contributed by atoms with Crippen molar-refractivity contribution in [1.82, 2.24) is 0 Å². The first-order valence-corrected chi connectivity index (χ1v) is 10.1. The molecule has 1 N–H and O–H groups in total. The van der Waals surface area contributed by atoms with Gasteiger partial charge in [0.2, 0.25) is 0 Å². The maximum Gasteiger partial charge on any atom is 0.341 e. The van der Waals surface area contributed by atoms with E-state index in [1.54, 1.807) is 24.3 Å². The fourth-order valence-corrected chi connectivity index (χ4v) is 4.61. The molecule has 0 saturated heterocycles. The molecule has 1 heterocycles. The second-order valence-corrected chi connectivity index (χ2v) is 7.79. The van der Waals surface area contributed by atoms with Crippen molar-refractivity contribution in [3.63, 3.8) is 0 Å². The molecule has 0 aliphatic heterocycles. The number of methoxy groups -OCH3 is 1. The van der Waals surface area contributed by atoms with Gasteiger partial charge in [0.15, 0.2) is 0 Å². The molecule has 0 bridgehead atoms. The van der Waals surface area contributed by atoms with Crippen molar-refractivity contribution in [2.45, 2.75) is 45.4 Å². The molecule has 1 aromatic carbocycles. The van der Waals surface area contributed by atoms with Crippen LogP contribution in [-0.2, 0) is 22.4 Å². The number of esters is 2. The molecule has 0 fully saturated rings. The average Bonchev–Trinajstić information content (AvgIpc) is 2.97. The fraction of sp³-hybridized carbons (Fsp3) is 0.381. The number of nitrogens with one attached hydrogen (secondary N) is 1. The molecule has 148 valence electrons. The Bertz CT molecular complexity index is 885. The van der Waals surface area contributed by atoms with E-state index in [0.29, 0.717) is 21.9 Å². The van der Waals surface area contributed by atoms with Crippen molar-refractivity contribution in [3.8, 4) is 5.75 Å². The molecule has 1 aromatic heterocycles. The van der Waals surface area contributed by atoms with Crippen LogP contribution >= 0.6 is 11.3 Å². The maximum atomic E-state index is 12.7. The zero-order valence-electron chi connectivity index (χ0n) is 16.0. The van der Waals surface area contributed by atoms with E-state index in [1.165, 1.54) is 31.8 Å². The van der Waals surface area contributed by atoms with Crippen LogP contribution in [0, 0.1) is 0 Å². The first-order valence-electron chi connectivity index (χ1n) is 9.32. The molecule has 0 spiro atoms. The van der Waals surface area contributed by atoms with Crippen molar-refractivity contribution < 1.29 is 23.9 Å². The van der Waals surface area contributed by atoms with Crippen LogP contribution in [0.2, 0.25) is 0 Å². The van der Waals surface area contributed by atoms with E-state index in [2.05, 4.69) is 5.32 Å². The minimum atomic E-state index is -0.420. The SMILES string of the molecule is COC(=O)c1c(NC(=O)c2ccc(OC(C)=O)cc2)sc2c1CCCCCC2. The lowest BCUT2D eigenvalue weighted by Crippen LogP contribution is -2.15. The smallest absolute Gasteiger partial charge is 0.341 e. The highest BCUT2D eigenvalue weighted by Crippen LogP contribution is 2.37. The molecule has 0 unspecified atom stereocenters. The van der Waals surface area contributed by atoms with Gasteiger partial charge in [-0.25, -0.2) is 4.79 Å². The third-order valence-electron chi connectivity index (χ3n) is 4.67. The summed E-state index contributed by atoms with van der Waals surface area (Å²) >= 11 is 1.46. The molecule has 3 rings (SSSR count). The van der Waals surface area contributed by atoms with E-state index in [9.17, 15) is 14.4 Å². The van der Waals surface area contributed by atoms with E-state index in [0.717, 1.165) is 42.5 Å². The Morgan fingerprint density at radius 2 is 1.68 bits per heavy atom. The highest BCUT2D eigenvalue weighted by molar-refractivity contribution is 7.17. The Hall–Kier alpha value is -2.67. The predicted molar refractivity (Wildman–Crippen MR) is 107 cm³/mol. The summed E-state index contributed by atoms with van der Waals surface area (Å²) in [5.74, 6) is -0.790. The summed E-state index contributed by atoms with van der Waals surface area (Å²) in [6.07, 6.45) is 6.17. The third kappa shape index (κ3) is 4.59. The summed E-state index contributed by atoms with van der Waals surface area (Å²) in [5.41, 5.74) is 1.90. The van der Waals surface area contributed by atoms with Gasteiger partial charge < -0.3 is 14.8 Å². The Labute approximate surface area is 167 Å². The monoisotopic (exact) mass is 401 g/mol. The highest BCUT2D eigenvalue weighted by Gasteiger charge is 2.26. The molecule has 7 heteroatoms. The van der Waals surface area contributed by atoms with Gasteiger partial charge in [-0.1, -0.05) is 12.8 Å². The summed E-state index contributed by atoms with van der Waals surface area (Å²) < 4.78 is 9.96. The minimum absolute atomic E-state index is 0.325. The fourth-order valence-electron chi connectivity index (χ4n) is 3.34. The lowest BCUT2D eigenvalue weighted by molar-refractivity contribution is -0.131. The number of fused-ring (bicyclic) bond motifs is 1. The van der Waals surface area contributed by atoms with Gasteiger partial charge in [-0.15, -0.1) is 11.3 Å². The van der Waals surface area contributed by atoms with Gasteiger partial charge in [0.25, 0.3) is 5.91 Å². The second kappa shape index (κ2) is 9.01. The van der Waals surface area contributed by atoms with Crippen molar-refractivity contribution in [2.75, 3.05) is 12.4 Å². The zero-order valence-corrected chi connectivity index (χ0v) is 16.8. The number of benzene rings is 1. The number of hydrogen-bond donors (Lipinski definition) is 1. The molecule has 6 nitrogen and oxygen atoms in total. The maximum absolute atomic E-state index is 12.7. The Morgan fingerprint density at radius 1 is 1.00 bits per heavy atom. The van der Waals surface area contributed by atoms with E-state index in [1.807, 2.05) is 0 Å². The first kappa shape index (κ1) is 20.1. The lowest BCUT2D eigenvalue weighted by Gasteiger charge is -2.11. The normalized spacial score (nSPS) is 13.6. The Morgan fingerprint density at radius 3 is 2.32 bits per heavy atom. The first-order chi connectivity index (χ1) is 13.5. The van der Waals surface area contributed by atoms with Gasteiger partial charge in [-0.05, 0) is 55.5 Å². The van der Waals surface area contributed by atoms with Gasteiger partial charge in [0, 0.05) is 17.4 Å². The highest BCUT2D eigenvalue weighted by atomic mass is 32.1. The Kier molecular flexibility index (Phi) is 6.46. The topological polar surface area (TPSA) is 81.7 Å². The molecule has 1 aliphatic carbocycles. The number of hydrogen-bond acceptors (Lipinski definition) is 6. The largest absolute Gasteiger partial charge is 0.465 e. The molecule has 0 radical (unpaired) electrons. The number of rotatable bonds is 4. The van der Waals surface area contributed by atoms with Crippen LogP contribution < -0.4 is 10.1 Å². The van der Waals surface area contributed by atoms with Crippen LogP contribution in [-0.4, -0.2) is 25.0 Å². The summed E-state index contributed by atoms with van der Waals surface area (Å²) in [6.45, 7) is 1.32. The number of anilines is 1. The average molecular weight is 401 g/mol. The molecule has 0 saturated carbocycles. The summed E-state index contributed by atoms with van der Waals surface area (Å²) in [5, 5.41) is 3.41. The van der Waals surface area contributed by atoms with Crippen molar-refractivity contribution in [1.29, 1.82) is 0 Å². The van der Waals surface area contributed by atoms with Crippen LogP contribution in [0.5, 0.6) is 5.75 Å². The van der Waals surface area contributed by atoms with E-state index in [-0.39, 0.29) is 5.91 Å². The molecule has 2 aromatic rings. The number of carbonyl (C=O) groups is 3. The van der Waals surface area contributed by atoms with Crippen LogP contribution in [0.1, 0.15) is 63.8 Å². The standard InChI is InChI=1S/C21H23NO5S/c1-13(23)27-15-11-9-14(10-12-15)19(24)22-20-18(21(25)26-2)16-7-5-3-4-6-8-17(16)28-20/h9-12H,3-8H2,1-2H3,(H,22,24). The van der Waals surface area contributed by atoms with Gasteiger partial charge in [0.1, 0.15) is 10.8 Å². The number of ether oxygens (including phenoxy) is 2. The van der Waals surface area contributed by atoms with E-state index >= 15 is 0 Å². The van der Waals surface area contributed by atoms with E-state index in [4.69, 9.17) is 9.47 Å². The summed E-state index contributed by atoms with van der Waals surface area (Å²) in [6, 6.07) is 6.28. The van der Waals surface area contributed by atoms with Crippen LogP contribution in [0.4, 0.5) is 5.00 Å². The summed E-state index contributed by atoms with van der Waals surface area (Å²) in [7, 11) is 1.36. The zero-order chi connectivity index (χ0) is 20.1. The van der Waals surface area contributed by atoms with Crippen molar-refractivity contribution in [3.05, 3.63) is 45.8 Å².